The van der Waals surface area contributed by atoms with Gasteiger partial charge in [0.25, 0.3) is 0 Å². The van der Waals surface area contributed by atoms with Gasteiger partial charge >= 0.3 is 5.97 Å². The van der Waals surface area contributed by atoms with Crippen molar-refractivity contribution in [2.24, 2.45) is 0 Å². The van der Waals surface area contributed by atoms with E-state index >= 15 is 0 Å². The molecule has 1 aliphatic rings. The molecule has 2 rings (SSSR count). The first-order valence-electron chi connectivity index (χ1n) is 9.83. The average Bonchev–Trinajstić information content (AvgIpc) is 3.16. The summed E-state index contributed by atoms with van der Waals surface area (Å²) in [6.45, 7) is 3.01. The van der Waals surface area contributed by atoms with Crippen LogP contribution < -0.4 is 0 Å². The fraction of sp³-hybridized carbons (Fsp3) is 0.571. The Morgan fingerprint density at radius 2 is 1.96 bits per heavy atom. The van der Waals surface area contributed by atoms with Crippen molar-refractivity contribution in [2.75, 3.05) is 20.2 Å². The maximum atomic E-state index is 12.6. The summed E-state index contributed by atoms with van der Waals surface area (Å²) < 4.78 is 4.87. The standard InChI is InChI=1S/C21H30N2O5/c1-3-28-21(27)14-18(24)17-10-7-13-23(17)20(26)12-11-19(25)22(2)15-16-8-5-4-6-9-16/h4-6,8-9,17-18,24H,3,7,10-15H2,1-2H3/t17-,18?/m0/s1. The van der Waals surface area contributed by atoms with Crippen LogP contribution in [0.2, 0.25) is 0 Å². The third-order valence-electron chi connectivity index (χ3n) is 4.99. The first-order chi connectivity index (χ1) is 13.4. The zero-order chi connectivity index (χ0) is 20.5. The van der Waals surface area contributed by atoms with Gasteiger partial charge in [0.2, 0.25) is 11.8 Å². The van der Waals surface area contributed by atoms with Crippen molar-refractivity contribution < 1.29 is 24.2 Å². The topological polar surface area (TPSA) is 87.1 Å². The zero-order valence-corrected chi connectivity index (χ0v) is 16.7. The molecular weight excluding hydrogens is 360 g/mol. The lowest BCUT2D eigenvalue weighted by molar-refractivity contribution is -0.148. The monoisotopic (exact) mass is 390 g/mol. The van der Waals surface area contributed by atoms with Crippen LogP contribution in [0.25, 0.3) is 0 Å². The third-order valence-corrected chi connectivity index (χ3v) is 4.99. The van der Waals surface area contributed by atoms with Gasteiger partial charge in [0.05, 0.1) is 25.2 Å². The molecule has 7 heteroatoms. The highest BCUT2D eigenvalue weighted by Crippen LogP contribution is 2.23. The lowest BCUT2D eigenvalue weighted by Gasteiger charge is -2.28. The molecule has 0 aromatic heterocycles. The van der Waals surface area contributed by atoms with Gasteiger partial charge in [-0.3, -0.25) is 14.4 Å². The molecule has 1 aliphatic heterocycles. The summed E-state index contributed by atoms with van der Waals surface area (Å²) in [4.78, 5) is 39.7. The lowest BCUT2D eigenvalue weighted by Crippen LogP contribution is -2.44. The Hall–Kier alpha value is -2.41. The Bertz CT molecular complexity index is 664. The van der Waals surface area contributed by atoms with E-state index in [1.165, 1.54) is 0 Å². The molecule has 154 valence electrons. The van der Waals surface area contributed by atoms with Crippen molar-refractivity contribution in [3.05, 3.63) is 35.9 Å². The second-order valence-electron chi connectivity index (χ2n) is 7.11. The quantitative estimate of drug-likeness (QED) is 0.649. The van der Waals surface area contributed by atoms with Crippen LogP contribution in [0.15, 0.2) is 30.3 Å². The Kier molecular flexibility index (Phi) is 8.44. The smallest absolute Gasteiger partial charge is 0.308 e. The van der Waals surface area contributed by atoms with E-state index in [-0.39, 0.29) is 37.7 Å². The minimum atomic E-state index is -0.943. The average molecular weight is 390 g/mol. The molecule has 2 amide bonds. The number of hydrogen-bond donors (Lipinski definition) is 1. The van der Waals surface area contributed by atoms with Gasteiger partial charge in [0, 0.05) is 33.0 Å². The predicted molar refractivity (Wildman–Crippen MR) is 104 cm³/mol. The number of carbonyl (C=O) groups is 3. The number of esters is 1. The summed E-state index contributed by atoms with van der Waals surface area (Å²) in [5, 5.41) is 10.3. The molecule has 1 N–H and O–H groups in total. The lowest BCUT2D eigenvalue weighted by atomic mass is 10.0. The normalized spacial score (nSPS) is 17.2. The van der Waals surface area contributed by atoms with E-state index in [0.29, 0.717) is 19.5 Å². The number of aliphatic hydroxyl groups excluding tert-OH is 1. The maximum absolute atomic E-state index is 12.6. The van der Waals surface area contributed by atoms with Gasteiger partial charge in [-0.05, 0) is 25.3 Å². The number of carbonyl (C=O) groups excluding carboxylic acids is 3. The van der Waals surface area contributed by atoms with E-state index < -0.39 is 18.1 Å². The molecule has 0 radical (unpaired) electrons. The molecule has 1 heterocycles. The van der Waals surface area contributed by atoms with E-state index in [1.807, 2.05) is 30.3 Å². The van der Waals surface area contributed by atoms with Crippen molar-refractivity contribution in [1.29, 1.82) is 0 Å². The van der Waals surface area contributed by atoms with Crippen LogP contribution in [0.1, 0.15) is 44.6 Å². The van der Waals surface area contributed by atoms with E-state index in [9.17, 15) is 19.5 Å². The fourth-order valence-electron chi connectivity index (χ4n) is 3.52. The Labute approximate surface area is 166 Å². The Morgan fingerprint density at radius 1 is 1.25 bits per heavy atom. The van der Waals surface area contributed by atoms with Gasteiger partial charge in [0.1, 0.15) is 0 Å². The van der Waals surface area contributed by atoms with Crippen molar-refractivity contribution >= 4 is 17.8 Å². The number of rotatable bonds is 9. The predicted octanol–water partition coefficient (Wildman–Crippen LogP) is 1.73. The highest BCUT2D eigenvalue weighted by atomic mass is 16.5. The fourth-order valence-corrected chi connectivity index (χ4v) is 3.52. The number of likely N-dealkylation sites (tertiary alicyclic amines) is 1. The molecular formula is C21H30N2O5. The van der Waals surface area contributed by atoms with Crippen molar-refractivity contribution in [3.8, 4) is 0 Å². The zero-order valence-electron chi connectivity index (χ0n) is 16.7. The van der Waals surface area contributed by atoms with E-state index in [0.717, 1.165) is 12.0 Å². The molecule has 28 heavy (non-hydrogen) atoms. The second kappa shape index (κ2) is 10.8. The molecule has 0 aliphatic carbocycles. The minimum Gasteiger partial charge on any atom is -0.466 e. The van der Waals surface area contributed by atoms with E-state index in [2.05, 4.69) is 0 Å². The minimum absolute atomic E-state index is 0.0972. The van der Waals surface area contributed by atoms with Gasteiger partial charge in [0.15, 0.2) is 0 Å². The summed E-state index contributed by atoms with van der Waals surface area (Å²) >= 11 is 0. The van der Waals surface area contributed by atoms with E-state index in [1.54, 1.807) is 23.8 Å². The molecule has 1 saturated heterocycles. The highest BCUT2D eigenvalue weighted by Gasteiger charge is 2.35. The second-order valence-corrected chi connectivity index (χ2v) is 7.11. The van der Waals surface area contributed by atoms with Crippen LogP contribution >= 0.6 is 0 Å². The molecule has 1 unspecified atom stereocenters. The number of hydrogen-bond acceptors (Lipinski definition) is 5. The molecule has 1 aromatic rings. The van der Waals surface area contributed by atoms with Crippen LogP contribution in [0, 0.1) is 0 Å². The third kappa shape index (κ3) is 6.34. The highest BCUT2D eigenvalue weighted by molar-refractivity contribution is 5.84. The summed E-state index contributed by atoms with van der Waals surface area (Å²) in [5.41, 5.74) is 1.03. The molecule has 7 nitrogen and oxygen atoms in total. The molecule has 1 aromatic carbocycles. The number of aliphatic hydroxyl groups is 1. The van der Waals surface area contributed by atoms with Crippen molar-refractivity contribution in [2.45, 2.75) is 57.7 Å². The number of ether oxygens (including phenoxy) is 1. The largest absolute Gasteiger partial charge is 0.466 e. The Balaban J connectivity index is 1.82. The van der Waals surface area contributed by atoms with Gasteiger partial charge in [-0.15, -0.1) is 0 Å². The van der Waals surface area contributed by atoms with Crippen molar-refractivity contribution in [1.82, 2.24) is 9.80 Å². The molecule has 0 spiro atoms. The Morgan fingerprint density at radius 3 is 2.64 bits per heavy atom. The molecule has 0 bridgehead atoms. The molecule has 0 saturated carbocycles. The van der Waals surface area contributed by atoms with Gasteiger partial charge in [-0.25, -0.2) is 0 Å². The van der Waals surface area contributed by atoms with Crippen molar-refractivity contribution in [3.63, 3.8) is 0 Å². The van der Waals surface area contributed by atoms with Gasteiger partial charge < -0.3 is 19.6 Å². The summed E-state index contributed by atoms with van der Waals surface area (Å²) in [7, 11) is 1.72. The van der Waals surface area contributed by atoms with Crippen LogP contribution in [0.5, 0.6) is 0 Å². The SMILES string of the molecule is CCOC(=O)CC(O)[C@@H]1CCCN1C(=O)CCC(=O)N(C)Cc1ccccc1. The summed E-state index contributed by atoms with van der Waals surface area (Å²) in [5.74, 6) is -0.723. The number of amides is 2. The van der Waals surface area contributed by atoms with Crippen LogP contribution in [-0.4, -0.2) is 65.0 Å². The number of benzene rings is 1. The van der Waals surface area contributed by atoms with Crippen LogP contribution in [0.3, 0.4) is 0 Å². The summed E-state index contributed by atoms with van der Waals surface area (Å²) in [6, 6.07) is 9.28. The van der Waals surface area contributed by atoms with E-state index in [4.69, 9.17) is 4.74 Å². The molecule has 1 fully saturated rings. The first kappa shape index (κ1) is 21.9. The van der Waals surface area contributed by atoms with Crippen LogP contribution in [-0.2, 0) is 25.7 Å². The maximum Gasteiger partial charge on any atom is 0.308 e. The molecule has 2 atom stereocenters. The summed E-state index contributed by atoms with van der Waals surface area (Å²) in [6.07, 6.45) is 0.578. The van der Waals surface area contributed by atoms with Gasteiger partial charge in [-0.1, -0.05) is 30.3 Å². The van der Waals surface area contributed by atoms with Crippen LogP contribution in [0.4, 0.5) is 0 Å². The van der Waals surface area contributed by atoms with Gasteiger partial charge in [-0.2, -0.15) is 0 Å². The first-order valence-corrected chi connectivity index (χ1v) is 9.83. The number of nitrogens with zero attached hydrogens (tertiary/aromatic N) is 2.